The van der Waals surface area contributed by atoms with Crippen molar-refractivity contribution in [1.29, 1.82) is 0 Å². The van der Waals surface area contributed by atoms with Crippen LogP contribution in [-0.2, 0) is 0 Å². The molecular formula is C51H35N3O. The normalized spacial score (nSPS) is 15.8. The molecule has 0 amide bonds. The molecule has 55 heavy (non-hydrogen) atoms. The van der Waals surface area contributed by atoms with Crippen molar-refractivity contribution in [2.75, 3.05) is 0 Å². The molecule has 1 aliphatic rings. The summed E-state index contributed by atoms with van der Waals surface area (Å²) in [5, 5.41) is 17.3. The van der Waals surface area contributed by atoms with Crippen LogP contribution < -0.4 is 10.6 Å². The molecule has 0 aliphatic carbocycles. The van der Waals surface area contributed by atoms with Crippen LogP contribution in [0.1, 0.15) is 29.0 Å². The van der Waals surface area contributed by atoms with Crippen molar-refractivity contribution in [3.05, 3.63) is 205 Å². The topological polar surface area (TPSA) is 49.6 Å². The van der Waals surface area contributed by atoms with E-state index in [2.05, 4.69) is 187 Å². The van der Waals surface area contributed by atoms with E-state index in [-0.39, 0.29) is 12.3 Å². The number of aliphatic imine (C=N–C) groups is 1. The van der Waals surface area contributed by atoms with Crippen molar-refractivity contribution in [3.63, 3.8) is 0 Å². The third-order valence-electron chi connectivity index (χ3n) is 11.1. The molecule has 0 bridgehead atoms. The number of fused-ring (bicyclic) bond motifs is 9. The van der Waals surface area contributed by atoms with Crippen molar-refractivity contribution < 1.29 is 4.42 Å². The van der Waals surface area contributed by atoms with E-state index in [4.69, 9.17) is 9.41 Å². The maximum absolute atomic E-state index is 6.66. The number of nitrogens with zero attached hydrogens (tertiary/aromatic N) is 1. The van der Waals surface area contributed by atoms with Crippen LogP contribution in [0.5, 0.6) is 0 Å². The Morgan fingerprint density at radius 2 is 1.02 bits per heavy atom. The molecule has 0 spiro atoms. The predicted molar refractivity (Wildman–Crippen MR) is 228 cm³/mol. The maximum Gasteiger partial charge on any atom is 0.136 e. The molecule has 0 fully saturated rings. The van der Waals surface area contributed by atoms with Crippen molar-refractivity contribution in [2.24, 2.45) is 4.99 Å². The van der Waals surface area contributed by atoms with Gasteiger partial charge in [0.1, 0.15) is 29.3 Å². The minimum absolute atomic E-state index is 0.141. The van der Waals surface area contributed by atoms with Crippen LogP contribution in [0.3, 0.4) is 0 Å². The minimum atomic E-state index is -0.303. The molecule has 1 aliphatic heterocycles. The van der Waals surface area contributed by atoms with Gasteiger partial charge in [-0.15, -0.1) is 0 Å². The second-order valence-electron chi connectivity index (χ2n) is 14.4. The molecule has 4 nitrogen and oxygen atoms in total. The Hall–Kier alpha value is -7.01. The zero-order valence-electron chi connectivity index (χ0n) is 29.9. The van der Waals surface area contributed by atoms with Gasteiger partial charge in [0.2, 0.25) is 0 Å². The molecule has 0 saturated carbocycles. The number of amidine groups is 1. The summed E-state index contributed by atoms with van der Waals surface area (Å²) in [6.07, 6.45) is -0.444. The number of nitrogens with one attached hydrogen (secondary N) is 2. The van der Waals surface area contributed by atoms with E-state index < -0.39 is 0 Å². The third-order valence-corrected chi connectivity index (χ3v) is 11.1. The highest BCUT2D eigenvalue weighted by atomic mass is 16.3. The first kappa shape index (κ1) is 31.5. The molecule has 2 atom stereocenters. The van der Waals surface area contributed by atoms with E-state index in [0.29, 0.717) is 0 Å². The van der Waals surface area contributed by atoms with Gasteiger partial charge in [-0.3, -0.25) is 5.32 Å². The largest absolute Gasteiger partial charge is 0.456 e. The van der Waals surface area contributed by atoms with Crippen molar-refractivity contribution in [2.45, 2.75) is 12.3 Å². The number of hydrogen-bond donors (Lipinski definition) is 2. The van der Waals surface area contributed by atoms with E-state index in [0.717, 1.165) is 55.6 Å². The van der Waals surface area contributed by atoms with Gasteiger partial charge in [-0.05, 0) is 90.0 Å². The summed E-state index contributed by atoms with van der Waals surface area (Å²) in [5.41, 5.74) is 9.60. The summed E-state index contributed by atoms with van der Waals surface area (Å²) in [7, 11) is 0. The highest BCUT2D eigenvalue weighted by Gasteiger charge is 2.26. The Bertz CT molecular complexity index is 3070. The molecule has 0 radical (unpaired) electrons. The number of benzene rings is 9. The first-order chi connectivity index (χ1) is 27.2. The van der Waals surface area contributed by atoms with E-state index >= 15 is 0 Å². The van der Waals surface area contributed by atoms with Crippen molar-refractivity contribution in [3.8, 4) is 22.3 Å². The fourth-order valence-electron chi connectivity index (χ4n) is 8.50. The van der Waals surface area contributed by atoms with Gasteiger partial charge in [0.05, 0.1) is 0 Å². The molecule has 2 unspecified atom stereocenters. The lowest BCUT2D eigenvalue weighted by atomic mass is 9.91. The van der Waals surface area contributed by atoms with E-state index in [1.807, 2.05) is 12.1 Å². The van der Waals surface area contributed by atoms with Crippen LogP contribution in [0, 0.1) is 0 Å². The molecule has 9 aromatic carbocycles. The third kappa shape index (κ3) is 5.38. The fourth-order valence-corrected chi connectivity index (χ4v) is 8.50. The van der Waals surface area contributed by atoms with Crippen LogP contribution in [0.2, 0.25) is 0 Å². The second-order valence-corrected chi connectivity index (χ2v) is 14.4. The average Bonchev–Trinajstić information content (AvgIpc) is 3.65. The minimum Gasteiger partial charge on any atom is -0.456 e. The summed E-state index contributed by atoms with van der Waals surface area (Å²) in [6, 6.07) is 66.9. The van der Waals surface area contributed by atoms with Crippen LogP contribution in [0.25, 0.3) is 76.5 Å². The van der Waals surface area contributed by atoms with Gasteiger partial charge < -0.3 is 9.73 Å². The molecule has 11 rings (SSSR count). The summed E-state index contributed by atoms with van der Waals surface area (Å²) >= 11 is 0. The van der Waals surface area contributed by atoms with Gasteiger partial charge in [0.15, 0.2) is 0 Å². The summed E-state index contributed by atoms with van der Waals surface area (Å²) in [6.45, 7) is 0. The van der Waals surface area contributed by atoms with Gasteiger partial charge in [-0.2, -0.15) is 0 Å². The van der Waals surface area contributed by atoms with Gasteiger partial charge in [-0.25, -0.2) is 4.99 Å². The lowest BCUT2D eigenvalue weighted by Gasteiger charge is -2.32. The summed E-state index contributed by atoms with van der Waals surface area (Å²) in [5.74, 6) is 0.846. The number of rotatable bonds is 5. The predicted octanol–water partition coefficient (Wildman–Crippen LogP) is 12.7. The second kappa shape index (κ2) is 12.8. The summed E-state index contributed by atoms with van der Waals surface area (Å²) in [4.78, 5) is 5.29. The highest BCUT2D eigenvalue weighted by Crippen LogP contribution is 2.41. The van der Waals surface area contributed by atoms with Gasteiger partial charge >= 0.3 is 0 Å². The SMILES string of the molecule is c1ccc(-c2cccc(C3=NC(c4ccc5c(c4)oc4cccc(-c6ccc7c8ccccc8c8ccccc8c7c6)c45)NC(c4ccccc4)N3)c2)cc1. The van der Waals surface area contributed by atoms with Gasteiger partial charge in [0, 0.05) is 16.3 Å². The smallest absolute Gasteiger partial charge is 0.136 e. The van der Waals surface area contributed by atoms with Gasteiger partial charge in [-0.1, -0.05) is 164 Å². The van der Waals surface area contributed by atoms with Crippen molar-refractivity contribution >= 4 is 60.1 Å². The van der Waals surface area contributed by atoms with E-state index in [1.54, 1.807) is 0 Å². The Morgan fingerprint density at radius 3 is 1.78 bits per heavy atom. The van der Waals surface area contributed by atoms with E-state index in [1.165, 1.54) is 43.4 Å². The zero-order valence-corrected chi connectivity index (χ0v) is 29.9. The molecule has 2 heterocycles. The Kier molecular flexibility index (Phi) is 7.35. The molecule has 10 aromatic rings. The Morgan fingerprint density at radius 1 is 0.400 bits per heavy atom. The Balaban J connectivity index is 1.02. The number of hydrogen-bond acceptors (Lipinski definition) is 4. The standard InChI is InChI=1S/C51H35N3O/c1-3-13-32(14-4-1)34-17-11-18-36(29-34)50-52-49(33-15-5-2-6-16-33)53-51(54-50)37-26-28-44-47(31-37)55-46-24-12-23-38(48(44)46)35-25-27-43-41-21-8-7-19-39(41)40-20-9-10-22-42(40)45(43)30-35/h1-31,49,51,53H,(H,52,54). The molecule has 0 saturated heterocycles. The molecule has 1 aromatic heterocycles. The van der Waals surface area contributed by atoms with Crippen LogP contribution in [0.4, 0.5) is 0 Å². The first-order valence-corrected chi connectivity index (χ1v) is 18.9. The average molecular weight is 706 g/mol. The van der Waals surface area contributed by atoms with E-state index in [9.17, 15) is 0 Å². The molecular weight excluding hydrogens is 671 g/mol. The zero-order chi connectivity index (χ0) is 36.3. The lowest BCUT2D eigenvalue weighted by molar-refractivity contribution is 0.409. The van der Waals surface area contributed by atoms with Crippen LogP contribution in [0.15, 0.2) is 197 Å². The first-order valence-electron chi connectivity index (χ1n) is 18.9. The van der Waals surface area contributed by atoms with Crippen LogP contribution >= 0.6 is 0 Å². The molecule has 2 N–H and O–H groups in total. The lowest BCUT2D eigenvalue weighted by Crippen LogP contribution is -2.44. The monoisotopic (exact) mass is 705 g/mol. The van der Waals surface area contributed by atoms with Crippen LogP contribution in [-0.4, -0.2) is 5.84 Å². The maximum atomic E-state index is 6.66. The van der Waals surface area contributed by atoms with Gasteiger partial charge in [0.25, 0.3) is 0 Å². The molecule has 260 valence electrons. The number of furan rings is 1. The quantitative estimate of drug-likeness (QED) is 0.175. The highest BCUT2D eigenvalue weighted by molar-refractivity contribution is 6.26. The summed E-state index contributed by atoms with van der Waals surface area (Å²) < 4.78 is 6.66. The molecule has 4 heteroatoms. The Labute approximate surface area is 318 Å². The fraction of sp³-hybridized carbons (Fsp3) is 0.0392. The van der Waals surface area contributed by atoms with Crippen molar-refractivity contribution in [1.82, 2.24) is 10.6 Å².